The number of hydrogen-bond donors (Lipinski definition) is 2. The lowest BCUT2D eigenvalue weighted by Crippen LogP contribution is -2.32. The summed E-state index contributed by atoms with van der Waals surface area (Å²) in [5.74, 6) is -0.963. The fourth-order valence-electron chi connectivity index (χ4n) is 2.10. The Morgan fingerprint density at radius 2 is 1.94 bits per heavy atom. The van der Waals surface area contributed by atoms with Crippen LogP contribution in [-0.4, -0.2) is 29.8 Å². The zero-order chi connectivity index (χ0) is 13.2. The zero-order valence-corrected chi connectivity index (χ0v) is 10.6. The molecule has 1 atom stereocenters. The van der Waals surface area contributed by atoms with Gasteiger partial charge in [0.15, 0.2) is 0 Å². The summed E-state index contributed by atoms with van der Waals surface area (Å²) in [6.07, 6.45) is 3.53. The van der Waals surface area contributed by atoms with E-state index < -0.39 is 12.0 Å². The van der Waals surface area contributed by atoms with Gasteiger partial charge in [-0.05, 0) is 30.4 Å². The van der Waals surface area contributed by atoms with Crippen LogP contribution >= 0.6 is 0 Å². The van der Waals surface area contributed by atoms with Crippen LogP contribution in [0.1, 0.15) is 24.0 Å². The molecular formula is C14H19NO3. The molecule has 0 aromatic heterocycles. The van der Waals surface area contributed by atoms with E-state index in [2.05, 4.69) is 0 Å². The fourth-order valence-corrected chi connectivity index (χ4v) is 2.10. The van der Waals surface area contributed by atoms with Gasteiger partial charge in [-0.3, -0.25) is 4.79 Å². The highest BCUT2D eigenvalue weighted by Gasteiger charge is 2.42. The number of benzene rings is 1. The maximum atomic E-state index is 10.7. The van der Waals surface area contributed by atoms with Crippen LogP contribution in [0.3, 0.4) is 0 Å². The van der Waals surface area contributed by atoms with Crippen molar-refractivity contribution in [3.8, 4) is 0 Å². The van der Waals surface area contributed by atoms with Crippen molar-refractivity contribution in [3.05, 3.63) is 35.4 Å². The molecule has 1 unspecified atom stereocenters. The van der Waals surface area contributed by atoms with Crippen LogP contribution in [0.25, 0.3) is 0 Å². The average molecular weight is 249 g/mol. The molecule has 0 aliphatic heterocycles. The molecule has 18 heavy (non-hydrogen) atoms. The van der Waals surface area contributed by atoms with Crippen molar-refractivity contribution in [1.82, 2.24) is 0 Å². The molecule has 0 radical (unpaired) electrons. The molecule has 98 valence electrons. The van der Waals surface area contributed by atoms with Gasteiger partial charge in [0.05, 0.1) is 5.60 Å². The number of carboxylic acid groups (broad SMARTS) is 1. The van der Waals surface area contributed by atoms with Gasteiger partial charge < -0.3 is 15.6 Å². The molecular weight excluding hydrogens is 230 g/mol. The second kappa shape index (κ2) is 5.08. The summed E-state index contributed by atoms with van der Waals surface area (Å²) in [4.78, 5) is 10.7. The molecule has 0 saturated heterocycles. The molecule has 2 rings (SSSR count). The van der Waals surface area contributed by atoms with Gasteiger partial charge in [0.1, 0.15) is 6.04 Å². The minimum atomic E-state index is -0.963. The molecule has 1 aliphatic carbocycles. The summed E-state index contributed by atoms with van der Waals surface area (Å²) >= 11 is 0. The van der Waals surface area contributed by atoms with E-state index in [1.807, 2.05) is 24.3 Å². The second-order valence-electron chi connectivity index (χ2n) is 5.03. The molecule has 0 bridgehead atoms. The number of hydrogen-bond acceptors (Lipinski definition) is 3. The van der Waals surface area contributed by atoms with Crippen LogP contribution < -0.4 is 5.73 Å². The summed E-state index contributed by atoms with van der Waals surface area (Å²) in [6, 6.07) is 7.13. The lowest BCUT2D eigenvalue weighted by Gasteiger charge is -2.13. The van der Waals surface area contributed by atoms with E-state index in [4.69, 9.17) is 15.6 Å². The maximum Gasteiger partial charge on any atom is 0.320 e. The van der Waals surface area contributed by atoms with Gasteiger partial charge in [0, 0.05) is 13.5 Å². The van der Waals surface area contributed by atoms with E-state index in [-0.39, 0.29) is 5.60 Å². The van der Waals surface area contributed by atoms with Crippen LogP contribution in [0.2, 0.25) is 0 Å². The van der Waals surface area contributed by atoms with E-state index >= 15 is 0 Å². The average Bonchev–Trinajstić information content (AvgIpc) is 3.12. The molecule has 1 fully saturated rings. The van der Waals surface area contributed by atoms with E-state index in [0.29, 0.717) is 6.42 Å². The van der Waals surface area contributed by atoms with Crippen LogP contribution in [0.4, 0.5) is 0 Å². The molecule has 1 saturated carbocycles. The zero-order valence-electron chi connectivity index (χ0n) is 10.6. The van der Waals surface area contributed by atoms with Crippen LogP contribution in [0.15, 0.2) is 24.3 Å². The first kappa shape index (κ1) is 13.1. The normalized spacial score (nSPS) is 18.3. The van der Waals surface area contributed by atoms with Crippen molar-refractivity contribution in [2.24, 2.45) is 5.73 Å². The minimum absolute atomic E-state index is 0.0545. The number of carboxylic acids is 1. The number of methoxy groups -OCH3 is 1. The summed E-state index contributed by atoms with van der Waals surface area (Å²) in [7, 11) is 1.76. The van der Waals surface area contributed by atoms with Gasteiger partial charge in [-0.15, -0.1) is 0 Å². The van der Waals surface area contributed by atoms with Gasteiger partial charge in [-0.25, -0.2) is 0 Å². The van der Waals surface area contributed by atoms with E-state index in [0.717, 1.165) is 24.8 Å². The highest BCUT2D eigenvalue weighted by molar-refractivity contribution is 5.73. The number of aliphatic carboxylic acids is 1. The Morgan fingerprint density at radius 1 is 1.39 bits per heavy atom. The Bertz CT molecular complexity index is 423. The van der Waals surface area contributed by atoms with Gasteiger partial charge >= 0.3 is 5.97 Å². The van der Waals surface area contributed by atoms with Gasteiger partial charge in [-0.1, -0.05) is 24.3 Å². The molecule has 1 aromatic rings. The summed E-state index contributed by atoms with van der Waals surface area (Å²) in [6.45, 7) is 0. The first-order chi connectivity index (χ1) is 8.54. The lowest BCUT2D eigenvalue weighted by molar-refractivity contribution is -0.138. The van der Waals surface area contributed by atoms with Crippen LogP contribution in [-0.2, 0) is 22.4 Å². The lowest BCUT2D eigenvalue weighted by atomic mass is 10.0. The van der Waals surface area contributed by atoms with Crippen molar-refractivity contribution in [1.29, 1.82) is 0 Å². The third-order valence-corrected chi connectivity index (χ3v) is 3.56. The molecule has 0 spiro atoms. The van der Waals surface area contributed by atoms with Crippen molar-refractivity contribution in [2.75, 3.05) is 7.11 Å². The monoisotopic (exact) mass is 249 g/mol. The van der Waals surface area contributed by atoms with Crippen molar-refractivity contribution < 1.29 is 14.6 Å². The largest absolute Gasteiger partial charge is 0.480 e. The van der Waals surface area contributed by atoms with E-state index in [1.165, 1.54) is 5.56 Å². The molecule has 3 N–H and O–H groups in total. The molecule has 1 aliphatic rings. The SMILES string of the molecule is COC1(Cc2ccc(CC(N)C(=O)O)cc2)CC1. The van der Waals surface area contributed by atoms with Crippen molar-refractivity contribution in [3.63, 3.8) is 0 Å². The number of ether oxygens (including phenoxy) is 1. The van der Waals surface area contributed by atoms with Gasteiger partial charge in [-0.2, -0.15) is 0 Å². The predicted molar refractivity (Wildman–Crippen MR) is 68.4 cm³/mol. The standard InChI is InChI=1S/C14H19NO3/c1-18-14(6-7-14)9-11-4-2-10(3-5-11)8-12(15)13(16)17/h2-5,12H,6-9,15H2,1H3,(H,16,17). The van der Waals surface area contributed by atoms with Gasteiger partial charge in [0.2, 0.25) is 0 Å². The Labute approximate surface area is 107 Å². The van der Waals surface area contributed by atoms with Crippen molar-refractivity contribution in [2.45, 2.75) is 37.3 Å². The maximum absolute atomic E-state index is 10.7. The Hall–Kier alpha value is -1.39. The van der Waals surface area contributed by atoms with Crippen LogP contribution in [0, 0.1) is 0 Å². The molecule has 0 amide bonds. The number of nitrogens with two attached hydrogens (primary N) is 1. The highest BCUT2D eigenvalue weighted by Crippen LogP contribution is 2.41. The summed E-state index contributed by atoms with van der Waals surface area (Å²) in [5.41, 5.74) is 7.73. The Kier molecular flexibility index (Phi) is 3.68. The Morgan fingerprint density at radius 3 is 2.39 bits per heavy atom. The Balaban J connectivity index is 1.95. The topological polar surface area (TPSA) is 72.5 Å². The molecule has 4 nitrogen and oxygen atoms in total. The number of rotatable bonds is 6. The van der Waals surface area contributed by atoms with E-state index in [9.17, 15) is 4.79 Å². The number of carbonyl (C=O) groups is 1. The van der Waals surface area contributed by atoms with Crippen LogP contribution in [0.5, 0.6) is 0 Å². The first-order valence-electron chi connectivity index (χ1n) is 6.16. The smallest absolute Gasteiger partial charge is 0.320 e. The summed E-state index contributed by atoms with van der Waals surface area (Å²) < 4.78 is 5.48. The second-order valence-corrected chi connectivity index (χ2v) is 5.03. The minimum Gasteiger partial charge on any atom is -0.480 e. The fraction of sp³-hybridized carbons (Fsp3) is 0.500. The van der Waals surface area contributed by atoms with Crippen molar-refractivity contribution >= 4 is 5.97 Å². The molecule has 1 aromatic carbocycles. The third kappa shape index (κ3) is 3.09. The molecule has 4 heteroatoms. The van der Waals surface area contributed by atoms with E-state index in [1.54, 1.807) is 7.11 Å². The highest BCUT2D eigenvalue weighted by atomic mass is 16.5. The predicted octanol–water partition coefficient (Wildman–Crippen LogP) is 1.36. The summed E-state index contributed by atoms with van der Waals surface area (Å²) in [5, 5.41) is 8.75. The third-order valence-electron chi connectivity index (χ3n) is 3.56. The molecule has 0 heterocycles. The first-order valence-corrected chi connectivity index (χ1v) is 6.16. The van der Waals surface area contributed by atoms with Gasteiger partial charge in [0.25, 0.3) is 0 Å². The quantitative estimate of drug-likeness (QED) is 0.798.